The smallest absolute Gasteiger partial charge is 0.285 e. The molecule has 0 bridgehead atoms. The molecule has 8 heteroatoms. The molecule has 0 spiro atoms. The number of nitro groups is 1. The monoisotopic (exact) mass is 261 g/mol. The van der Waals surface area contributed by atoms with Crippen LogP contribution in [0, 0.1) is 10.1 Å². The predicted octanol–water partition coefficient (Wildman–Crippen LogP) is 0.485. The Kier molecular flexibility index (Phi) is 3.53. The topological polar surface area (TPSA) is 116 Å². The van der Waals surface area contributed by atoms with E-state index in [1.165, 1.54) is 16.8 Å². The van der Waals surface area contributed by atoms with Crippen LogP contribution in [0.3, 0.4) is 0 Å². The number of hydrogen-bond acceptors (Lipinski definition) is 6. The van der Waals surface area contributed by atoms with Gasteiger partial charge in [-0.2, -0.15) is 0 Å². The van der Waals surface area contributed by atoms with Crippen molar-refractivity contribution in [1.29, 1.82) is 0 Å². The molecule has 0 saturated carbocycles. The molecule has 0 unspecified atom stereocenters. The van der Waals surface area contributed by atoms with Crippen LogP contribution < -0.4 is 16.8 Å². The van der Waals surface area contributed by atoms with E-state index in [4.69, 9.17) is 5.84 Å². The molecule has 0 aliphatic carbocycles. The maximum absolute atomic E-state index is 11.6. The van der Waals surface area contributed by atoms with Gasteiger partial charge in [0.15, 0.2) is 0 Å². The van der Waals surface area contributed by atoms with Crippen molar-refractivity contribution in [2.24, 2.45) is 5.84 Å². The first-order valence-electron chi connectivity index (χ1n) is 5.37. The molecule has 2 aromatic heterocycles. The first kappa shape index (κ1) is 12.7. The Hall–Kier alpha value is -2.74. The quantitative estimate of drug-likeness (QED) is 0.470. The molecular formula is C11H11N5O3. The van der Waals surface area contributed by atoms with Gasteiger partial charge < -0.3 is 9.99 Å². The number of nitrogen functional groups attached to an aromatic ring is 1. The Bertz CT molecular complexity index is 667. The average molecular weight is 261 g/mol. The van der Waals surface area contributed by atoms with Gasteiger partial charge in [0.2, 0.25) is 0 Å². The third-order valence-electron chi connectivity index (χ3n) is 2.47. The molecule has 0 aromatic carbocycles. The van der Waals surface area contributed by atoms with Gasteiger partial charge in [-0.3, -0.25) is 14.9 Å². The molecule has 0 saturated heterocycles. The molecular weight excluding hydrogens is 250 g/mol. The van der Waals surface area contributed by atoms with Crippen LogP contribution in [0.5, 0.6) is 0 Å². The fourth-order valence-corrected chi connectivity index (χ4v) is 1.57. The van der Waals surface area contributed by atoms with E-state index in [9.17, 15) is 14.9 Å². The minimum Gasteiger partial charge on any atom is -0.308 e. The van der Waals surface area contributed by atoms with Gasteiger partial charge >= 0.3 is 0 Å². The second-order valence-electron chi connectivity index (χ2n) is 3.77. The number of anilines is 1. The molecule has 0 amide bonds. The van der Waals surface area contributed by atoms with Gasteiger partial charge in [0.25, 0.3) is 11.2 Å². The normalized spacial score (nSPS) is 10.2. The summed E-state index contributed by atoms with van der Waals surface area (Å²) in [6.07, 6.45) is 1.19. The van der Waals surface area contributed by atoms with Gasteiger partial charge in [0.1, 0.15) is 5.82 Å². The lowest BCUT2D eigenvalue weighted by atomic mass is 10.3. The number of nitrogens with one attached hydrogen (secondary N) is 1. The minimum atomic E-state index is -0.554. The van der Waals surface area contributed by atoms with Crippen LogP contribution in [0.25, 0.3) is 0 Å². The van der Waals surface area contributed by atoms with E-state index in [0.717, 1.165) is 6.07 Å². The number of aromatic nitrogens is 2. The van der Waals surface area contributed by atoms with Crippen molar-refractivity contribution in [1.82, 2.24) is 9.55 Å². The average Bonchev–Trinajstić information content (AvgIpc) is 2.41. The molecule has 2 aromatic rings. The van der Waals surface area contributed by atoms with Crippen molar-refractivity contribution in [2.75, 3.05) is 5.43 Å². The number of hydrogen-bond donors (Lipinski definition) is 2. The molecule has 0 aliphatic rings. The van der Waals surface area contributed by atoms with Crippen molar-refractivity contribution < 1.29 is 4.92 Å². The number of rotatable bonds is 4. The first-order chi connectivity index (χ1) is 9.10. The third kappa shape index (κ3) is 2.93. The summed E-state index contributed by atoms with van der Waals surface area (Å²) in [4.78, 5) is 25.9. The van der Waals surface area contributed by atoms with E-state index >= 15 is 0 Å². The second-order valence-corrected chi connectivity index (χ2v) is 3.77. The van der Waals surface area contributed by atoms with Gasteiger partial charge in [-0.05, 0) is 12.1 Å². The molecule has 3 N–H and O–H groups in total. The van der Waals surface area contributed by atoms with Crippen LogP contribution in [-0.2, 0) is 6.54 Å². The van der Waals surface area contributed by atoms with Gasteiger partial charge in [-0.25, -0.2) is 10.8 Å². The lowest BCUT2D eigenvalue weighted by Crippen LogP contribution is -2.20. The highest BCUT2D eigenvalue weighted by Gasteiger charge is 2.08. The van der Waals surface area contributed by atoms with Gasteiger partial charge in [0, 0.05) is 12.1 Å². The largest absolute Gasteiger partial charge is 0.308 e. The summed E-state index contributed by atoms with van der Waals surface area (Å²) in [7, 11) is 0. The summed E-state index contributed by atoms with van der Waals surface area (Å²) in [6, 6.07) is 7.42. The fraction of sp³-hybridized carbons (Fsp3) is 0.0909. The van der Waals surface area contributed by atoms with Crippen molar-refractivity contribution in [3.63, 3.8) is 0 Å². The zero-order valence-corrected chi connectivity index (χ0v) is 9.81. The molecule has 0 fully saturated rings. The van der Waals surface area contributed by atoms with E-state index in [-0.39, 0.29) is 17.8 Å². The first-order valence-corrected chi connectivity index (χ1v) is 5.37. The molecule has 0 aliphatic heterocycles. The molecule has 0 radical (unpaired) electrons. The Balaban J connectivity index is 2.34. The molecule has 0 atom stereocenters. The van der Waals surface area contributed by atoms with Crippen molar-refractivity contribution in [3.8, 4) is 0 Å². The summed E-state index contributed by atoms with van der Waals surface area (Å²) < 4.78 is 1.22. The van der Waals surface area contributed by atoms with Gasteiger partial charge in [0.05, 0.1) is 23.4 Å². The molecule has 8 nitrogen and oxygen atoms in total. The zero-order valence-electron chi connectivity index (χ0n) is 9.81. The summed E-state index contributed by atoms with van der Waals surface area (Å²) in [5.74, 6) is 5.69. The van der Waals surface area contributed by atoms with E-state index in [1.54, 1.807) is 18.2 Å². The van der Waals surface area contributed by atoms with Crippen LogP contribution in [0.1, 0.15) is 5.69 Å². The number of nitrogens with two attached hydrogens (primary N) is 1. The van der Waals surface area contributed by atoms with E-state index in [1.807, 2.05) is 0 Å². The van der Waals surface area contributed by atoms with E-state index in [2.05, 4.69) is 10.4 Å². The van der Waals surface area contributed by atoms with Crippen LogP contribution in [0.15, 0.2) is 41.3 Å². The Labute approximate surface area is 107 Å². The van der Waals surface area contributed by atoms with Crippen LogP contribution in [0.4, 0.5) is 11.5 Å². The molecule has 98 valence electrons. The van der Waals surface area contributed by atoms with Crippen LogP contribution >= 0.6 is 0 Å². The van der Waals surface area contributed by atoms with Crippen LogP contribution in [0.2, 0.25) is 0 Å². The lowest BCUT2D eigenvalue weighted by Gasteiger charge is -2.06. The van der Waals surface area contributed by atoms with E-state index < -0.39 is 4.92 Å². The van der Waals surface area contributed by atoms with Gasteiger partial charge in [-0.1, -0.05) is 6.07 Å². The van der Waals surface area contributed by atoms with Crippen molar-refractivity contribution in [2.45, 2.75) is 6.54 Å². The number of pyridine rings is 2. The SMILES string of the molecule is NNc1cccc(Cn2cc([N+](=O)[O-])ccc2=O)n1. The maximum Gasteiger partial charge on any atom is 0.285 e. The van der Waals surface area contributed by atoms with Crippen LogP contribution in [-0.4, -0.2) is 14.5 Å². The standard InChI is InChI=1S/C11H11N5O3/c12-14-10-3-1-2-8(13-10)6-15-7-9(16(18)19)4-5-11(15)17/h1-5,7H,6,12H2,(H,13,14). The highest BCUT2D eigenvalue weighted by atomic mass is 16.6. The molecule has 19 heavy (non-hydrogen) atoms. The zero-order chi connectivity index (χ0) is 13.8. The highest BCUT2D eigenvalue weighted by molar-refractivity contribution is 5.33. The number of nitrogens with zero attached hydrogens (tertiary/aromatic N) is 3. The highest BCUT2D eigenvalue weighted by Crippen LogP contribution is 2.09. The molecule has 2 rings (SSSR count). The van der Waals surface area contributed by atoms with Crippen molar-refractivity contribution in [3.05, 3.63) is 62.7 Å². The Morgan fingerprint density at radius 3 is 2.84 bits per heavy atom. The summed E-state index contributed by atoms with van der Waals surface area (Å²) in [6.45, 7) is 0.135. The van der Waals surface area contributed by atoms with Gasteiger partial charge in [-0.15, -0.1) is 0 Å². The summed E-state index contributed by atoms with van der Waals surface area (Å²) >= 11 is 0. The summed E-state index contributed by atoms with van der Waals surface area (Å²) in [5.41, 5.74) is 2.48. The molecule has 2 heterocycles. The minimum absolute atomic E-state index is 0.135. The third-order valence-corrected chi connectivity index (χ3v) is 2.47. The second kappa shape index (κ2) is 5.27. The Morgan fingerprint density at radius 2 is 2.16 bits per heavy atom. The van der Waals surface area contributed by atoms with E-state index in [0.29, 0.717) is 11.5 Å². The summed E-state index contributed by atoms with van der Waals surface area (Å²) in [5, 5.41) is 10.7. The fourth-order valence-electron chi connectivity index (χ4n) is 1.57. The maximum atomic E-state index is 11.6. The lowest BCUT2D eigenvalue weighted by molar-refractivity contribution is -0.385. The van der Waals surface area contributed by atoms with Crippen molar-refractivity contribution >= 4 is 11.5 Å². The predicted molar refractivity (Wildman–Crippen MR) is 68.5 cm³/mol. The Morgan fingerprint density at radius 1 is 1.37 bits per heavy atom. The number of hydrazine groups is 1.